The second-order valence-corrected chi connectivity index (χ2v) is 7.24. The molecule has 2 aliphatic rings. The number of hydrogen-bond donors (Lipinski definition) is 1. The molecule has 0 spiro atoms. The molecule has 1 aromatic carbocycles. The van der Waals surface area contributed by atoms with Crippen LogP contribution >= 0.6 is 0 Å². The van der Waals surface area contributed by atoms with Gasteiger partial charge >= 0.3 is 0 Å². The molecule has 25 heavy (non-hydrogen) atoms. The second kappa shape index (κ2) is 8.46. The van der Waals surface area contributed by atoms with Crippen LogP contribution in [0.5, 0.6) is 0 Å². The van der Waals surface area contributed by atoms with E-state index >= 15 is 0 Å². The maximum atomic E-state index is 12.6. The van der Waals surface area contributed by atoms with Crippen molar-refractivity contribution in [1.29, 1.82) is 5.26 Å². The molecule has 0 bridgehead atoms. The largest absolute Gasteiger partial charge is 0.377 e. The van der Waals surface area contributed by atoms with Gasteiger partial charge in [-0.1, -0.05) is 30.3 Å². The molecule has 1 atom stereocenters. The van der Waals surface area contributed by atoms with Gasteiger partial charge in [0.15, 0.2) is 0 Å². The number of carbonyl (C=O) groups excluding carboxylic acids is 1. The van der Waals surface area contributed by atoms with Crippen molar-refractivity contribution < 1.29 is 9.53 Å². The van der Waals surface area contributed by atoms with Gasteiger partial charge in [-0.3, -0.25) is 9.69 Å². The number of hydrogen-bond acceptors (Lipinski definition) is 4. The van der Waals surface area contributed by atoms with Crippen LogP contribution in [-0.2, 0) is 16.1 Å². The Kier molecular flexibility index (Phi) is 6.06. The van der Waals surface area contributed by atoms with Gasteiger partial charge in [0, 0.05) is 19.7 Å². The quantitative estimate of drug-likeness (QED) is 0.828. The Labute approximate surface area is 150 Å². The highest BCUT2D eigenvalue weighted by molar-refractivity contribution is 5.79. The summed E-state index contributed by atoms with van der Waals surface area (Å²) < 4.78 is 5.75. The fourth-order valence-electron chi connectivity index (χ4n) is 3.86. The van der Waals surface area contributed by atoms with Gasteiger partial charge in [0.05, 0.1) is 18.7 Å². The van der Waals surface area contributed by atoms with Gasteiger partial charge in [-0.25, -0.2) is 0 Å². The molecule has 1 aromatic rings. The molecule has 5 heteroatoms. The Balaban J connectivity index is 1.61. The van der Waals surface area contributed by atoms with Gasteiger partial charge in [0.2, 0.25) is 5.91 Å². The van der Waals surface area contributed by atoms with Crippen LogP contribution in [0.1, 0.15) is 44.1 Å². The van der Waals surface area contributed by atoms with Crippen molar-refractivity contribution in [2.24, 2.45) is 0 Å². The Bertz CT molecular complexity index is 599. The summed E-state index contributed by atoms with van der Waals surface area (Å²) in [5.74, 6) is -0.0580. The van der Waals surface area contributed by atoms with E-state index in [-0.39, 0.29) is 12.0 Å². The topological polar surface area (TPSA) is 65.4 Å². The van der Waals surface area contributed by atoms with Gasteiger partial charge in [0.25, 0.3) is 0 Å². The average Bonchev–Trinajstić information content (AvgIpc) is 3.28. The third-order valence-electron chi connectivity index (χ3n) is 5.15. The third-order valence-corrected chi connectivity index (χ3v) is 5.15. The Hall–Kier alpha value is -1.90. The first-order valence-corrected chi connectivity index (χ1v) is 9.29. The molecule has 1 heterocycles. The molecule has 0 aromatic heterocycles. The number of ether oxygens (including phenoxy) is 1. The summed E-state index contributed by atoms with van der Waals surface area (Å²) in [4.78, 5) is 14.7. The summed E-state index contributed by atoms with van der Waals surface area (Å²) in [6.45, 7) is 2.58. The van der Waals surface area contributed by atoms with Gasteiger partial charge in [-0.15, -0.1) is 0 Å². The summed E-state index contributed by atoms with van der Waals surface area (Å²) >= 11 is 0. The van der Waals surface area contributed by atoms with Crippen molar-refractivity contribution in [2.75, 3.05) is 19.7 Å². The number of amides is 1. The van der Waals surface area contributed by atoms with Crippen LogP contribution in [0.2, 0.25) is 0 Å². The van der Waals surface area contributed by atoms with Crippen LogP contribution in [-0.4, -0.2) is 42.1 Å². The predicted octanol–water partition coefficient (Wildman–Crippen LogP) is 2.62. The van der Waals surface area contributed by atoms with E-state index in [2.05, 4.69) is 28.4 Å². The molecule has 1 aliphatic heterocycles. The molecular formula is C20H27N3O2. The zero-order valence-corrected chi connectivity index (χ0v) is 14.7. The Morgan fingerprint density at radius 1 is 1.28 bits per heavy atom. The number of carbonyl (C=O) groups is 1. The van der Waals surface area contributed by atoms with Gasteiger partial charge < -0.3 is 10.1 Å². The van der Waals surface area contributed by atoms with Crippen molar-refractivity contribution in [2.45, 2.75) is 56.7 Å². The normalized spacial score (nSPS) is 22.0. The minimum absolute atomic E-state index is 0.0580. The maximum Gasteiger partial charge on any atom is 0.235 e. The predicted molar refractivity (Wildman–Crippen MR) is 95.6 cm³/mol. The highest BCUT2D eigenvalue weighted by Gasteiger charge is 2.35. The number of rotatable bonds is 7. The molecular weight excluding hydrogens is 314 g/mol. The standard InChI is InChI=1S/C20H27N3O2/c21-16-20(10-4-5-11-20)22-19(24)15-23(14-18-9-6-12-25-18)13-17-7-2-1-3-8-17/h1-3,7-8,18H,4-6,9-15H2,(H,22,24)/t18-/m0/s1. The van der Waals surface area contributed by atoms with Gasteiger partial charge in [0.1, 0.15) is 5.54 Å². The minimum Gasteiger partial charge on any atom is -0.377 e. The van der Waals surface area contributed by atoms with Gasteiger partial charge in [-0.05, 0) is 44.1 Å². The maximum absolute atomic E-state index is 12.6. The number of benzene rings is 1. The lowest BCUT2D eigenvalue weighted by Crippen LogP contribution is -2.49. The highest BCUT2D eigenvalue weighted by atomic mass is 16.5. The molecule has 3 rings (SSSR count). The van der Waals surface area contributed by atoms with Crippen molar-refractivity contribution in [1.82, 2.24) is 10.2 Å². The van der Waals surface area contributed by atoms with Crippen LogP contribution in [0.15, 0.2) is 30.3 Å². The van der Waals surface area contributed by atoms with Crippen molar-refractivity contribution >= 4 is 5.91 Å². The zero-order valence-electron chi connectivity index (χ0n) is 14.7. The molecule has 1 amide bonds. The van der Waals surface area contributed by atoms with E-state index in [4.69, 9.17) is 4.74 Å². The average molecular weight is 341 g/mol. The first-order chi connectivity index (χ1) is 12.2. The van der Waals surface area contributed by atoms with E-state index < -0.39 is 5.54 Å². The molecule has 1 aliphatic carbocycles. The minimum atomic E-state index is -0.653. The zero-order chi connectivity index (χ0) is 17.5. The van der Waals surface area contributed by atoms with Crippen LogP contribution < -0.4 is 5.32 Å². The molecule has 5 nitrogen and oxygen atoms in total. The molecule has 134 valence electrons. The lowest BCUT2D eigenvalue weighted by molar-refractivity contribution is -0.124. The molecule has 1 N–H and O–H groups in total. The first-order valence-electron chi connectivity index (χ1n) is 9.29. The SMILES string of the molecule is N#CC1(NC(=O)CN(Cc2ccccc2)C[C@@H]2CCCO2)CCCC1. The van der Waals surface area contributed by atoms with Crippen LogP contribution in [0.25, 0.3) is 0 Å². The fourth-order valence-corrected chi connectivity index (χ4v) is 3.86. The Morgan fingerprint density at radius 2 is 2.04 bits per heavy atom. The highest BCUT2D eigenvalue weighted by Crippen LogP contribution is 2.28. The Morgan fingerprint density at radius 3 is 2.68 bits per heavy atom. The first kappa shape index (κ1) is 17.9. The number of nitrogens with zero attached hydrogens (tertiary/aromatic N) is 2. The lowest BCUT2D eigenvalue weighted by atomic mass is 10.00. The summed E-state index contributed by atoms with van der Waals surface area (Å²) in [6, 6.07) is 12.5. The number of nitriles is 1. The molecule has 1 saturated carbocycles. The van der Waals surface area contributed by atoms with Crippen LogP contribution in [0, 0.1) is 11.3 Å². The van der Waals surface area contributed by atoms with Crippen molar-refractivity contribution in [3.8, 4) is 6.07 Å². The summed E-state index contributed by atoms with van der Waals surface area (Å²) in [5.41, 5.74) is 0.531. The van der Waals surface area contributed by atoms with E-state index in [0.717, 1.165) is 51.7 Å². The molecule has 0 radical (unpaired) electrons. The third kappa shape index (κ3) is 5.04. The van der Waals surface area contributed by atoms with Crippen molar-refractivity contribution in [3.63, 3.8) is 0 Å². The molecule has 0 unspecified atom stereocenters. The summed E-state index contributed by atoms with van der Waals surface area (Å²) in [6.07, 6.45) is 5.89. The van der Waals surface area contributed by atoms with E-state index in [1.807, 2.05) is 18.2 Å². The molecule has 1 saturated heterocycles. The van der Waals surface area contributed by atoms with E-state index in [9.17, 15) is 10.1 Å². The lowest BCUT2D eigenvalue weighted by Gasteiger charge is -2.27. The summed E-state index contributed by atoms with van der Waals surface area (Å²) in [7, 11) is 0. The second-order valence-electron chi connectivity index (χ2n) is 7.24. The monoisotopic (exact) mass is 341 g/mol. The summed E-state index contributed by atoms with van der Waals surface area (Å²) in [5, 5.41) is 12.5. The van der Waals surface area contributed by atoms with E-state index in [1.165, 1.54) is 5.56 Å². The van der Waals surface area contributed by atoms with Crippen LogP contribution in [0.3, 0.4) is 0 Å². The van der Waals surface area contributed by atoms with E-state index in [1.54, 1.807) is 0 Å². The number of nitrogens with one attached hydrogen (secondary N) is 1. The van der Waals surface area contributed by atoms with Crippen LogP contribution in [0.4, 0.5) is 0 Å². The smallest absolute Gasteiger partial charge is 0.235 e. The fraction of sp³-hybridized carbons (Fsp3) is 0.600. The molecule has 2 fully saturated rings. The van der Waals surface area contributed by atoms with Crippen molar-refractivity contribution in [3.05, 3.63) is 35.9 Å². The van der Waals surface area contributed by atoms with Gasteiger partial charge in [-0.2, -0.15) is 5.26 Å². The van der Waals surface area contributed by atoms with E-state index in [0.29, 0.717) is 13.1 Å².